The van der Waals surface area contributed by atoms with Gasteiger partial charge in [-0.15, -0.1) is 0 Å². The van der Waals surface area contributed by atoms with Crippen LogP contribution in [0.25, 0.3) is 0 Å². The van der Waals surface area contributed by atoms with Crippen LogP contribution in [0.3, 0.4) is 0 Å². The van der Waals surface area contributed by atoms with E-state index in [2.05, 4.69) is 37.4 Å². The van der Waals surface area contributed by atoms with Gasteiger partial charge in [-0.05, 0) is 61.1 Å². The van der Waals surface area contributed by atoms with Crippen LogP contribution in [-0.2, 0) is 21.6 Å². The molecule has 0 radical (unpaired) electrons. The number of fused-ring (bicyclic) bond motifs is 2. The van der Waals surface area contributed by atoms with E-state index in [0.29, 0.717) is 29.0 Å². The molecule has 2 aliphatic carbocycles. The molecule has 6 rings (SSSR count). The highest BCUT2D eigenvalue weighted by Crippen LogP contribution is 2.52. The highest BCUT2D eigenvalue weighted by molar-refractivity contribution is 5.85. The predicted octanol–water partition coefficient (Wildman–Crippen LogP) is 5.73. The van der Waals surface area contributed by atoms with Crippen LogP contribution in [-0.4, -0.2) is 47.8 Å². The van der Waals surface area contributed by atoms with Gasteiger partial charge in [-0.25, -0.2) is 4.79 Å². The van der Waals surface area contributed by atoms with Gasteiger partial charge < -0.3 is 14.3 Å². The predicted molar refractivity (Wildman–Crippen MR) is 149 cm³/mol. The number of nitrogens with zero attached hydrogens (tertiary/aromatic N) is 1. The van der Waals surface area contributed by atoms with Gasteiger partial charge in [-0.3, -0.25) is 0 Å². The maximum atomic E-state index is 13.8. The first-order valence-electron chi connectivity index (χ1n) is 14.4. The summed E-state index contributed by atoms with van der Waals surface area (Å²) in [6.45, 7) is 2.40. The summed E-state index contributed by atoms with van der Waals surface area (Å²) in [6.07, 6.45) is 6.83. The summed E-state index contributed by atoms with van der Waals surface area (Å²) in [5, 5.41) is 11.9. The van der Waals surface area contributed by atoms with E-state index in [1.54, 1.807) is 0 Å². The second kappa shape index (κ2) is 10.3. The van der Waals surface area contributed by atoms with E-state index in [-0.39, 0.29) is 6.10 Å². The largest absolute Gasteiger partial charge is 0.459 e. The molecule has 0 aromatic heterocycles. The van der Waals surface area contributed by atoms with Crippen LogP contribution < -0.4 is 0 Å². The Morgan fingerprint density at radius 1 is 0.842 bits per heavy atom. The van der Waals surface area contributed by atoms with Gasteiger partial charge in [0.1, 0.15) is 6.10 Å². The van der Waals surface area contributed by atoms with Crippen LogP contribution >= 0.6 is 0 Å². The number of aliphatic hydroxyl groups is 1. The van der Waals surface area contributed by atoms with Crippen molar-refractivity contribution in [3.8, 4) is 0 Å². The molecule has 1 saturated heterocycles. The Hall–Kier alpha value is -2.95. The van der Waals surface area contributed by atoms with Gasteiger partial charge in [0.05, 0.1) is 26.2 Å². The van der Waals surface area contributed by atoms with Crippen LogP contribution in [0.4, 0.5) is 0 Å². The fourth-order valence-electron chi connectivity index (χ4n) is 7.99. The second-order valence-electron chi connectivity index (χ2n) is 12.2. The van der Waals surface area contributed by atoms with Crippen molar-refractivity contribution >= 4 is 5.97 Å². The van der Waals surface area contributed by atoms with Crippen LogP contribution in [0, 0.1) is 17.8 Å². The van der Waals surface area contributed by atoms with E-state index in [0.717, 1.165) is 23.2 Å². The van der Waals surface area contributed by atoms with Crippen molar-refractivity contribution in [2.24, 2.45) is 17.8 Å². The summed E-state index contributed by atoms with van der Waals surface area (Å²) in [7, 11) is 2.45. The maximum Gasteiger partial charge on any atom is 0.347 e. The van der Waals surface area contributed by atoms with Crippen LogP contribution in [0.5, 0.6) is 0 Å². The summed E-state index contributed by atoms with van der Waals surface area (Å²) < 4.78 is 7.39. The number of likely N-dealkylation sites (tertiary alicyclic amines) is 1. The molecule has 3 aromatic rings. The van der Waals surface area contributed by atoms with Crippen molar-refractivity contribution in [1.82, 2.24) is 0 Å². The minimum atomic E-state index is -1.81. The molecule has 2 bridgehead atoms. The van der Waals surface area contributed by atoms with Crippen LogP contribution in [0.15, 0.2) is 91.0 Å². The number of rotatable bonds is 7. The summed E-state index contributed by atoms with van der Waals surface area (Å²) in [4.78, 5) is 13.8. The van der Waals surface area contributed by atoms with Gasteiger partial charge in [0.15, 0.2) is 0 Å². The Bertz CT molecular complexity index is 1180. The Morgan fingerprint density at radius 2 is 1.39 bits per heavy atom. The van der Waals surface area contributed by atoms with E-state index in [4.69, 9.17) is 4.74 Å². The molecule has 4 atom stereocenters. The standard InChI is InChI=1S/C34H40NO3/c1-35(21-19-26(20-22-35)23-25-11-5-2-6-12-25)32-27-17-18-30(32)31(24-27)38-33(36)34(37,28-13-7-3-8-14-28)29-15-9-4-10-16-29/h2-16,26-27,30-32,37H,17-24H2,1H3/q+1. The number of hydrogen-bond donors (Lipinski definition) is 1. The number of carbonyl (C=O) groups excluding carboxylic acids is 1. The number of ether oxygens (including phenoxy) is 1. The van der Waals surface area contributed by atoms with E-state index < -0.39 is 11.6 Å². The van der Waals surface area contributed by atoms with Crippen LogP contribution in [0.1, 0.15) is 48.8 Å². The molecule has 4 nitrogen and oxygen atoms in total. The Labute approximate surface area is 226 Å². The molecule has 0 spiro atoms. The zero-order valence-electron chi connectivity index (χ0n) is 22.4. The molecule has 1 heterocycles. The Morgan fingerprint density at radius 3 is 1.97 bits per heavy atom. The molecule has 38 heavy (non-hydrogen) atoms. The first-order valence-corrected chi connectivity index (χ1v) is 14.4. The quantitative estimate of drug-likeness (QED) is 0.326. The Kier molecular flexibility index (Phi) is 6.88. The molecule has 0 amide bonds. The zero-order valence-corrected chi connectivity index (χ0v) is 22.4. The number of esters is 1. The average molecular weight is 511 g/mol. The van der Waals surface area contributed by atoms with Crippen molar-refractivity contribution in [2.45, 2.75) is 56.3 Å². The molecule has 3 fully saturated rings. The minimum Gasteiger partial charge on any atom is -0.459 e. The monoisotopic (exact) mass is 510 g/mol. The lowest BCUT2D eigenvalue weighted by Gasteiger charge is -2.47. The lowest BCUT2D eigenvalue weighted by atomic mass is 9.86. The highest BCUT2D eigenvalue weighted by atomic mass is 16.6. The summed E-state index contributed by atoms with van der Waals surface area (Å²) in [6, 6.07) is 29.9. The zero-order chi connectivity index (χ0) is 26.2. The van der Waals surface area contributed by atoms with Crippen molar-refractivity contribution in [3.05, 3.63) is 108 Å². The Balaban J connectivity index is 1.16. The topological polar surface area (TPSA) is 46.5 Å². The number of hydrogen-bond acceptors (Lipinski definition) is 3. The summed E-state index contributed by atoms with van der Waals surface area (Å²) in [5.74, 6) is 1.17. The van der Waals surface area contributed by atoms with E-state index in [9.17, 15) is 9.90 Å². The van der Waals surface area contributed by atoms with E-state index in [1.165, 1.54) is 44.3 Å². The fraction of sp³-hybridized carbons (Fsp3) is 0.441. The molecule has 198 valence electrons. The third-order valence-electron chi connectivity index (χ3n) is 9.93. The van der Waals surface area contributed by atoms with Crippen molar-refractivity contribution < 1.29 is 19.1 Å². The first-order chi connectivity index (χ1) is 18.5. The highest BCUT2D eigenvalue weighted by Gasteiger charge is 2.59. The number of benzene rings is 3. The fourth-order valence-corrected chi connectivity index (χ4v) is 7.99. The molecular formula is C34H40NO3+. The summed E-state index contributed by atoms with van der Waals surface area (Å²) in [5.41, 5.74) is 0.741. The third kappa shape index (κ3) is 4.58. The van der Waals surface area contributed by atoms with E-state index >= 15 is 0 Å². The van der Waals surface area contributed by atoms with Gasteiger partial charge >= 0.3 is 5.97 Å². The third-order valence-corrected chi connectivity index (χ3v) is 9.93. The lowest BCUT2D eigenvalue weighted by molar-refractivity contribution is -0.943. The molecular weight excluding hydrogens is 470 g/mol. The normalized spacial score (nSPS) is 30.7. The molecule has 1 aliphatic heterocycles. The van der Waals surface area contributed by atoms with Crippen molar-refractivity contribution in [3.63, 3.8) is 0 Å². The van der Waals surface area contributed by atoms with Gasteiger partial charge in [-0.2, -0.15) is 0 Å². The first kappa shape index (κ1) is 25.3. The van der Waals surface area contributed by atoms with Crippen molar-refractivity contribution in [2.75, 3.05) is 20.1 Å². The molecule has 3 aliphatic rings. The van der Waals surface area contributed by atoms with Crippen molar-refractivity contribution in [1.29, 1.82) is 0 Å². The number of piperidine rings is 1. The SMILES string of the molecule is C[N+]1(C2C3CCC2C(OC(=O)C(O)(c2ccccc2)c2ccccc2)C3)CCC(Cc2ccccc2)CC1. The maximum absolute atomic E-state index is 13.8. The van der Waals surface area contributed by atoms with E-state index in [1.807, 2.05) is 60.7 Å². The van der Waals surface area contributed by atoms with Gasteiger partial charge in [0.2, 0.25) is 5.60 Å². The van der Waals surface area contributed by atoms with Crippen LogP contribution in [0.2, 0.25) is 0 Å². The minimum absolute atomic E-state index is 0.123. The molecule has 4 heteroatoms. The summed E-state index contributed by atoms with van der Waals surface area (Å²) >= 11 is 0. The number of quaternary nitrogens is 1. The molecule has 1 N–H and O–H groups in total. The second-order valence-corrected chi connectivity index (χ2v) is 12.2. The number of carbonyl (C=O) groups is 1. The molecule has 4 unspecified atom stereocenters. The smallest absolute Gasteiger partial charge is 0.347 e. The van der Waals surface area contributed by atoms with Gasteiger partial charge in [0.25, 0.3) is 0 Å². The lowest BCUT2D eigenvalue weighted by Crippen LogP contribution is -2.58. The van der Waals surface area contributed by atoms with Gasteiger partial charge in [-0.1, -0.05) is 91.0 Å². The van der Waals surface area contributed by atoms with Gasteiger partial charge in [0, 0.05) is 11.8 Å². The average Bonchev–Trinajstić information content (AvgIpc) is 3.54. The molecule has 3 aromatic carbocycles. The molecule has 2 saturated carbocycles.